The minimum absolute atomic E-state index is 0.0220. The Labute approximate surface area is 204 Å². The van der Waals surface area contributed by atoms with Gasteiger partial charge in [-0.3, -0.25) is 4.79 Å². The van der Waals surface area contributed by atoms with E-state index in [1.807, 2.05) is 30.3 Å². The molecule has 2 heterocycles. The van der Waals surface area contributed by atoms with Crippen molar-refractivity contribution in [3.05, 3.63) is 69.9 Å². The number of aryl methyl sites for hydroxylation is 1. The molecule has 7 heteroatoms. The monoisotopic (exact) mass is 472 g/mol. The van der Waals surface area contributed by atoms with Crippen LogP contribution in [0.3, 0.4) is 0 Å². The summed E-state index contributed by atoms with van der Waals surface area (Å²) in [6.45, 7) is 2.69. The van der Waals surface area contributed by atoms with Gasteiger partial charge in [0.25, 0.3) is 5.56 Å². The third kappa shape index (κ3) is 5.13. The molecule has 1 atom stereocenters. The summed E-state index contributed by atoms with van der Waals surface area (Å²) in [5.74, 6) is 1.37. The number of nitrogens with one attached hydrogen (secondary N) is 1. The van der Waals surface area contributed by atoms with Crippen LogP contribution in [-0.4, -0.2) is 29.2 Å². The first kappa shape index (κ1) is 23.3. The van der Waals surface area contributed by atoms with E-state index >= 15 is 0 Å². The number of benzene rings is 2. The zero-order valence-electron chi connectivity index (χ0n) is 19.9. The molecular weight excluding hydrogens is 443 g/mol. The molecule has 2 fully saturated rings. The van der Waals surface area contributed by atoms with Gasteiger partial charge < -0.3 is 14.6 Å². The van der Waals surface area contributed by atoms with Crippen LogP contribution in [0.4, 0.5) is 4.39 Å². The number of rotatable bonds is 8. The first-order valence-corrected chi connectivity index (χ1v) is 12.3. The normalized spacial score (nSPS) is 17.3. The van der Waals surface area contributed by atoms with Crippen molar-refractivity contribution in [2.24, 2.45) is 18.9 Å². The highest BCUT2D eigenvalue weighted by atomic mass is 19.1. The molecule has 1 aliphatic heterocycles. The maximum absolute atomic E-state index is 14.6. The molecule has 180 valence electrons. The fourth-order valence-corrected chi connectivity index (χ4v) is 4.65. The smallest absolute Gasteiger partial charge is 0.272 e. The van der Waals surface area contributed by atoms with Crippen LogP contribution in [0.5, 0.6) is 5.75 Å². The van der Waals surface area contributed by atoms with Crippen LogP contribution in [0.25, 0.3) is 22.5 Å². The summed E-state index contributed by atoms with van der Waals surface area (Å²) < 4.78 is 22.0. The largest absolute Gasteiger partial charge is 0.493 e. The molecule has 0 unspecified atom stereocenters. The van der Waals surface area contributed by atoms with Gasteiger partial charge in [-0.15, -0.1) is 0 Å². The predicted octanol–water partition coefficient (Wildman–Crippen LogP) is 4.46. The summed E-state index contributed by atoms with van der Waals surface area (Å²) >= 11 is 0. The van der Waals surface area contributed by atoms with Gasteiger partial charge in [-0.2, -0.15) is 5.26 Å². The van der Waals surface area contributed by atoms with Crippen molar-refractivity contribution < 1.29 is 9.13 Å². The highest BCUT2D eigenvalue weighted by molar-refractivity contribution is 5.79. The minimum atomic E-state index is -0.603. The molecule has 1 saturated heterocycles. The van der Waals surface area contributed by atoms with Gasteiger partial charge >= 0.3 is 0 Å². The number of nitriles is 1. The molecule has 5 rings (SSSR count). The maximum atomic E-state index is 14.6. The lowest BCUT2D eigenvalue weighted by molar-refractivity contribution is 0.300. The highest BCUT2D eigenvalue weighted by Crippen LogP contribution is 2.33. The molecule has 0 bridgehead atoms. The number of hydrogen-bond donors (Lipinski definition) is 1. The van der Waals surface area contributed by atoms with Crippen LogP contribution in [0, 0.1) is 29.0 Å². The van der Waals surface area contributed by atoms with E-state index in [1.54, 1.807) is 17.7 Å². The zero-order valence-corrected chi connectivity index (χ0v) is 19.9. The zero-order chi connectivity index (χ0) is 24.4. The van der Waals surface area contributed by atoms with E-state index in [0.717, 1.165) is 43.9 Å². The minimum Gasteiger partial charge on any atom is -0.493 e. The second-order valence-corrected chi connectivity index (χ2v) is 9.60. The van der Waals surface area contributed by atoms with E-state index in [4.69, 9.17) is 15.0 Å². The molecule has 2 aliphatic rings. The number of aromatic nitrogens is 2. The van der Waals surface area contributed by atoms with Crippen molar-refractivity contribution in [3.63, 3.8) is 0 Å². The fourth-order valence-electron chi connectivity index (χ4n) is 4.65. The lowest BCUT2D eigenvalue weighted by atomic mass is 9.99. The van der Waals surface area contributed by atoms with Crippen molar-refractivity contribution in [3.8, 4) is 34.3 Å². The summed E-state index contributed by atoms with van der Waals surface area (Å²) in [7, 11) is 1.74. The maximum Gasteiger partial charge on any atom is 0.272 e. The topological polar surface area (TPSA) is 79.9 Å². The third-order valence-electron chi connectivity index (χ3n) is 6.98. The van der Waals surface area contributed by atoms with Crippen molar-refractivity contribution in [1.29, 1.82) is 5.26 Å². The summed E-state index contributed by atoms with van der Waals surface area (Å²) in [4.78, 5) is 18.1. The average Bonchev–Trinajstić information content (AvgIpc) is 3.56. The highest BCUT2D eigenvalue weighted by Gasteiger charge is 2.23. The Kier molecular flexibility index (Phi) is 6.65. The second-order valence-electron chi connectivity index (χ2n) is 9.60. The quantitative estimate of drug-likeness (QED) is 0.524. The van der Waals surface area contributed by atoms with Crippen molar-refractivity contribution in [2.45, 2.75) is 32.1 Å². The first-order chi connectivity index (χ1) is 17.0. The summed E-state index contributed by atoms with van der Waals surface area (Å²) in [5, 5.41) is 12.5. The summed E-state index contributed by atoms with van der Waals surface area (Å²) in [5.41, 5.74) is 2.78. The van der Waals surface area contributed by atoms with Crippen LogP contribution in [-0.2, 0) is 13.5 Å². The molecule has 1 N–H and O–H groups in total. The third-order valence-corrected chi connectivity index (χ3v) is 6.98. The van der Waals surface area contributed by atoms with Crippen LogP contribution < -0.4 is 15.6 Å². The SMILES string of the molecule is Cn1c(-c2ccc(OCC3CC3)cc2)c(-c2ccc(C#N)c(F)c2)nc(CC[C@H]2CCNC2)c1=O. The first-order valence-electron chi connectivity index (χ1n) is 12.3. The van der Waals surface area contributed by atoms with E-state index in [9.17, 15) is 9.18 Å². The van der Waals surface area contributed by atoms with Crippen molar-refractivity contribution >= 4 is 0 Å². The van der Waals surface area contributed by atoms with Gasteiger partial charge in [0.2, 0.25) is 0 Å². The number of ether oxygens (including phenoxy) is 1. The van der Waals surface area contributed by atoms with Gasteiger partial charge in [0.1, 0.15) is 23.3 Å². The van der Waals surface area contributed by atoms with E-state index in [2.05, 4.69) is 5.32 Å². The van der Waals surface area contributed by atoms with Crippen LogP contribution in [0.1, 0.15) is 36.9 Å². The van der Waals surface area contributed by atoms with Gasteiger partial charge in [0, 0.05) is 18.2 Å². The van der Waals surface area contributed by atoms with Gasteiger partial charge in [-0.05, 0) is 93.4 Å². The van der Waals surface area contributed by atoms with E-state index in [-0.39, 0.29) is 11.1 Å². The van der Waals surface area contributed by atoms with Crippen molar-refractivity contribution in [2.75, 3.05) is 19.7 Å². The van der Waals surface area contributed by atoms with E-state index in [1.165, 1.54) is 25.0 Å². The van der Waals surface area contributed by atoms with Crippen LogP contribution >= 0.6 is 0 Å². The standard InChI is InChI=1S/C28H29FN4O2/c1-33-27(20-7-9-23(10-8-20)35-17-19-2-3-19)26(21-5-6-22(15-30)24(29)14-21)32-25(28(33)34)11-4-18-12-13-31-16-18/h5-10,14,18-19,31H,2-4,11-13,16-17H2,1H3/t18-/m0/s1. The molecule has 1 aliphatic carbocycles. The van der Waals surface area contributed by atoms with Gasteiger partial charge in [0.05, 0.1) is 23.6 Å². The summed E-state index contributed by atoms with van der Waals surface area (Å²) in [6.07, 6.45) is 4.99. The molecule has 3 aromatic rings. The Hall–Kier alpha value is -3.50. The molecule has 0 spiro atoms. The molecule has 1 aromatic heterocycles. The van der Waals surface area contributed by atoms with Crippen molar-refractivity contribution in [1.82, 2.24) is 14.9 Å². The lowest BCUT2D eigenvalue weighted by Crippen LogP contribution is -2.26. The number of nitrogens with zero attached hydrogens (tertiary/aromatic N) is 3. The summed E-state index contributed by atoms with van der Waals surface area (Å²) in [6, 6.07) is 13.9. The lowest BCUT2D eigenvalue weighted by Gasteiger charge is -2.17. The second kappa shape index (κ2) is 10.0. The van der Waals surface area contributed by atoms with E-state index in [0.29, 0.717) is 40.9 Å². The Morgan fingerprint density at radius 2 is 1.91 bits per heavy atom. The fraction of sp³-hybridized carbons (Fsp3) is 0.393. The Morgan fingerprint density at radius 1 is 1.14 bits per heavy atom. The molecule has 35 heavy (non-hydrogen) atoms. The molecule has 1 saturated carbocycles. The van der Waals surface area contributed by atoms with E-state index < -0.39 is 5.82 Å². The Morgan fingerprint density at radius 3 is 2.57 bits per heavy atom. The Balaban J connectivity index is 1.54. The molecule has 2 aromatic carbocycles. The molecule has 6 nitrogen and oxygen atoms in total. The Bertz CT molecular complexity index is 1320. The number of hydrogen-bond acceptors (Lipinski definition) is 5. The van der Waals surface area contributed by atoms with Gasteiger partial charge in [0.15, 0.2) is 0 Å². The van der Waals surface area contributed by atoms with Gasteiger partial charge in [-0.25, -0.2) is 9.37 Å². The predicted molar refractivity (Wildman–Crippen MR) is 133 cm³/mol. The number of halogens is 1. The molecular formula is C28H29FN4O2. The van der Waals surface area contributed by atoms with Crippen LogP contribution in [0.15, 0.2) is 47.3 Å². The molecule has 0 radical (unpaired) electrons. The molecule has 0 amide bonds. The average molecular weight is 473 g/mol. The van der Waals surface area contributed by atoms with Gasteiger partial charge in [-0.1, -0.05) is 6.07 Å². The van der Waals surface area contributed by atoms with Crippen LogP contribution in [0.2, 0.25) is 0 Å².